The minimum Gasteiger partial charge on any atom is -0.481 e. The van der Waals surface area contributed by atoms with Gasteiger partial charge in [0.1, 0.15) is 0 Å². The summed E-state index contributed by atoms with van der Waals surface area (Å²) in [6, 6.07) is 5.60. The highest BCUT2D eigenvalue weighted by Crippen LogP contribution is 2.29. The van der Waals surface area contributed by atoms with Crippen LogP contribution >= 0.6 is 0 Å². The van der Waals surface area contributed by atoms with Crippen molar-refractivity contribution in [2.45, 2.75) is 70.0 Å². The first-order chi connectivity index (χ1) is 13.1. The Kier molecular flexibility index (Phi) is 9.22. The van der Waals surface area contributed by atoms with Gasteiger partial charge in [-0.05, 0) is 43.9 Å². The lowest BCUT2D eigenvalue weighted by atomic mass is 9.95. The zero-order valence-corrected chi connectivity index (χ0v) is 16.1. The van der Waals surface area contributed by atoms with Gasteiger partial charge in [-0.15, -0.1) is 0 Å². The van der Waals surface area contributed by atoms with Crippen molar-refractivity contribution in [2.24, 2.45) is 0 Å². The third kappa shape index (κ3) is 8.98. The van der Waals surface area contributed by atoms with Crippen LogP contribution in [0.2, 0.25) is 0 Å². The molecule has 0 bridgehead atoms. The van der Waals surface area contributed by atoms with Crippen LogP contribution in [0.25, 0.3) is 6.08 Å². The molecule has 1 fully saturated rings. The molecule has 1 aromatic rings. The van der Waals surface area contributed by atoms with Gasteiger partial charge in [-0.3, -0.25) is 9.78 Å². The molecule has 27 heavy (non-hydrogen) atoms. The zero-order chi connectivity index (χ0) is 19.5. The third-order valence-corrected chi connectivity index (χ3v) is 4.59. The second-order valence-corrected chi connectivity index (χ2v) is 7.10. The van der Waals surface area contributed by atoms with E-state index in [9.17, 15) is 9.90 Å². The van der Waals surface area contributed by atoms with E-state index in [0.717, 1.165) is 17.8 Å². The predicted molar refractivity (Wildman–Crippen MR) is 107 cm³/mol. The molecular formula is C22H31NO4. The molecule has 1 saturated heterocycles. The van der Waals surface area contributed by atoms with Gasteiger partial charge < -0.3 is 14.9 Å². The summed E-state index contributed by atoms with van der Waals surface area (Å²) in [4.78, 5) is 15.7. The molecule has 1 aliphatic rings. The molecule has 2 N–H and O–H groups in total. The number of aromatic nitrogens is 1. The number of carboxylic acid groups (broad SMARTS) is 1. The monoisotopic (exact) mass is 373 g/mol. The van der Waals surface area contributed by atoms with Crippen LogP contribution in [0.3, 0.4) is 0 Å². The fourth-order valence-electron chi connectivity index (χ4n) is 2.98. The first-order valence-corrected chi connectivity index (χ1v) is 9.90. The number of aliphatic hydroxyl groups is 1. The number of ether oxygens (including phenoxy) is 1. The Morgan fingerprint density at radius 1 is 1.37 bits per heavy atom. The molecule has 3 unspecified atom stereocenters. The number of epoxide rings is 1. The molecule has 3 atom stereocenters. The van der Waals surface area contributed by atoms with E-state index in [2.05, 4.69) is 18.0 Å². The first-order valence-electron chi connectivity index (χ1n) is 9.90. The van der Waals surface area contributed by atoms with Crippen LogP contribution < -0.4 is 0 Å². The molecule has 1 aliphatic heterocycles. The lowest BCUT2D eigenvalue weighted by molar-refractivity contribution is -0.137. The van der Waals surface area contributed by atoms with E-state index >= 15 is 0 Å². The van der Waals surface area contributed by atoms with Crippen molar-refractivity contribution in [3.63, 3.8) is 0 Å². The van der Waals surface area contributed by atoms with E-state index in [4.69, 9.17) is 9.84 Å². The summed E-state index contributed by atoms with van der Waals surface area (Å²) < 4.78 is 5.25. The number of carboxylic acids is 1. The molecule has 2 heterocycles. The Morgan fingerprint density at radius 3 is 2.89 bits per heavy atom. The normalized spacial score (nSPS) is 18.8. The van der Waals surface area contributed by atoms with Crippen LogP contribution in [0.15, 0.2) is 36.4 Å². The maximum atomic E-state index is 11.1. The van der Waals surface area contributed by atoms with Crippen molar-refractivity contribution < 1.29 is 19.7 Å². The maximum absolute atomic E-state index is 11.1. The standard InChI is InChI=1S/C22H31NO4/c1-2-3-4-5-6-7-10-19(24)13-12-18-9-8-11-21(23-18)17(15-22(25)26)14-20-16-27-20/h6-9,11-13,17,19-20,24H,2-5,10,14-16H2,1H3,(H,25,26). The first kappa shape index (κ1) is 21.3. The topological polar surface area (TPSA) is 83.0 Å². The van der Waals surface area contributed by atoms with E-state index in [0.29, 0.717) is 19.4 Å². The van der Waals surface area contributed by atoms with E-state index < -0.39 is 12.1 Å². The summed E-state index contributed by atoms with van der Waals surface area (Å²) in [5, 5.41) is 19.2. The van der Waals surface area contributed by atoms with E-state index in [1.54, 1.807) is 12.2 Å². The fraction of sp³-hybridized carbons (Fsp3) is 0.545. The minimum absolute atomic E-state index is 0.0471. The van der Waals surface area contributed by atoms with Crippen LogP contribution in [-0.2, 0) is 9.53 Å². The number of rotatable bonds is 13. The van der Waals surface area contributed by atoms with Gasteiger partial charge in [-0.2, -0.15) is 0 Å². The zero-order valence-electron chi connectivity index (χ0n) is 16.1. The van der Waals surface area contributed by atoms with Gasteiger partial charge in [0.25, 0.3) is 0 Å². The van der Waals surface area contributed by atoms with Crippen molar-refractivity contribution in [2.75, 3.05) is 6.61 Å². The smallest absolute Gasteiger partial charge is 0.304 e. The second kappa shape index (κ2) is 11.7. The summed E-state index contributed by atoms with van der Waals surface area (Å²) in [5.41, 5.74) is 1.49. The van der Waals surface area contributed by atoms with Gasteiger partial charge in [0.05, 0.1) is 30.9 Å². The third-order valence-electron chi connectivity index (χ3n) is 4.59. The summed E-state index contributed by atoms with van der Waals surface area (Å²) in [6.45, 7) is 2.89. The second-order valence-electron chi connectivity index (χ2n) is 7.10. The molecule has 2 rings (SSSR count). The highest BCUT2D eigenvalue weighted by Gasteiger charge is 2.29. The molecule has 0 aliphatic carbocycles. The van der Waals surface area contributed by atoms with Gasteiger partial charge in [-0.25, -0.2) is 0 Å². The SMILES string of the molecule is CCCCCC=CCC(O)C=Cc1cccc(C(CC(=O)O)CC2CO2)n1. The summed E-state index contributed by atoms with van der Waals surface area (Å²) in [6.07, 6.45) is 13.3. The highest BCUT2D eigenvalue weighted by molar-refractivity contribution is 5.68. The number of pyridine rings is 1. The average molecular weight is 373 g/mol. The van der Waals surface area contributed by atoms with Crippen LogP contribution in [0.1, 0.15) is 69.2 Å². The number of allylic oxidation sites excluding steroid dienone is 1. The van der Waals surface area contributed by atoms with Crippen molar-refractivity contribution in [1.82, 2.24) is 4.98 Å². The van der Waals surface area contributed by atoms with E-state index in [-0.39, 0.29) is 18.4 Å². The predicted octanol–water partition coefficient (Wildman–Crippen LogP) is 4.33. The fourth-order valence-corrected chi connectivity index (χ4v) is 2.98. The molecule has 5 heteroatoms. The number of carbonyl (C=O) groups is 1. The molecular weight excluding hydrogens is 342 g/mol. The number of aliphatic hydroxyl groups excluding tert-OH is 1. The average Bonchev–Trinajstić information content (AvgIpc) is 3.46. The lowest BCUT2D eigenvalue weighted by Gasteiger charge is -2.13. The molecule has 0 aromatic carbocycles. The summed E-state index contributed by atoms with van der Waals surface area (Å²) in [5.74, 6) is -0.983. The Labute approximate surface area is 161 Å². The number of hydrogen-bond donors (Lipinski definition) is 2. The molecule has 1 aromatic heterocycles. The van der Waals surface area contributed by atoms with Crippen molar-refractivity contribution in [3.8, 4) is 0 Å². The van der Waals surface area contributed by atoms with Crippen LogP contribution in [0, 0.1) is 0 Å². The van der Waals surface area contributed by atoms with Gasteiger partial charge in [-0.1, -0.05) is 44.1 Å². The van der Waals surface area contributed by atoms with Gasteiger partial charge >= 0.3 is 5.97 Å². The number of hydrogen-bond acceptors (Lipinski definition) is 4. The van der Waals surface area contributed by atoms with E-state index in [1.165, 1.54) is 19.3 Å². The van der Waals surface area contributed by atoms with Gasteiger partial charge in [0.2, 0.25) is 0 Å². The Hall–Kier alpha value is -1.98. The number of nitrogens with zero attached hydrogens (tertiary/aromatic N) is 1. The largest absolute Gasteiger partial charge is 0.481 e. The maximum Gasteiger partial charge on any atom is 0.304 e. The minimum atomic E-state index is -0.829. The molecule has 0 radical (unpaired) electrons. The highest BCUT2D eigenvalue weighted by atomic mass is 16.6. The summed E-state index contributed by atoms with van der Waals surface area (Å²) >= 11 is 0. The van der Waals surface area contributed by atoms with Crippen molar-refractivity contribution >= 4 is 12.0 Å². The molecule has 5 nitrogen and oxygen atoms in total. The van der Waals surface area contributed by atoms with Gasteiger partial charge in [0.15, 0.2) is 0 Å². The Balaban J connectivity index is 1.89. The van der Waals surface area contributed by atoms with Crippen LogP contribution in [0.5, 0.6) is 0 Å². The van der Waals surface area contributed by atoms with Crippen LogP contribution in [-0.4, -0.2) is 40.0 Å². The Morgan fingerprint density at radius 2 is 2.19 bits per heavy atom. The summed E-state index contributed by atoms with van der Waals surface area (Å²) in [7, 11) is 0. The molecule has 0 spiro atoms. The Bertz CT molecular complexity index is 637. The molecule has 148 valence electrons. The number of unbranched alkanes of at least 4 members (excludes halogenated alkanes) is 3. The van der Waals surface area contributed by atoms with Crippen molar-refractivity contribution in [1.29, 1.82) is 0 Å². The van der Waals surface area contributed by atoms with Crippen molar-refractivity contribution in [3.05, 3.63) is 47.8 Å². The van der Waals surface area contributed by atoms with Crippen LogP contribution in [0.4, 0.5) is 0 Å². The quantitative estimate of drug-likeness (QED) is 0.305. The molecule has 0 saturated carbocycles. The lowest BCUT2D eigenvalue weighted by Crippen LogP contribution is -2.11. The van der Waals surface area contributed by atoms with E-state index in [1.807, 2.05) is 24.3 Å². The number of aliphatic carboxylic acids is 1. The van der Waals surface area contributed by atoms with Gasteiger partial charge in [0, 0.05) is 11.6 Å². The molecule has 0 amide bonds.